The SMILES string of the molecule is Cn1c(=O)n(C2CCC(=O)NC2=O)c2ccc(CCCOCCCCCN3CCN(Cc4ccc(-c5cn(C6CCC(O)CC6)c6nc(Nc7ccc(Cl)c(Cl)c7)ncc56)cc4)CC3)cc21. The van der Waals surface area contributed by atoms with E-state index in [0.29, 0.717) is 34.5 Å². The zero-order valence-electron chi connectivity index (χ0n) is 37.6. The van der Waals surface area contributed by atoms with Gasteiger partial charge in [0.1, 0.15) is 11.7 Å². The first-order valence-corrected chi connectivity index (χ1v) is 24.3. The molecule has 9 rings (SSSR count). The first kappa shape index (κ1) is 46.0. The van der Waals surface area contributed by atoms with Crippen molar-refractivity contribution >= 4 is 68.7 Å². The van der Waals surface area contributed by atoms with E-state index in [4.69, 9.17) is 37.9 Å². The molecule has 1 saturated carbocycles. The van der Waals surface area contributed by atoms with Crippen molar-refractivity contribution in [2.45, 2.75) is 95.4 Å². The molecule has 348 valence electrons. The topological polar surface area (TPSA) is 152 Å². The fraction of sp³-hybridized carbons (Fsp3) is 0.460. The highest BCUT2D eigenvalue weighted by Crippen LogP contribution is 2.37. The number of aryl methyl sites for hydroxylation is 2. The Hall–Kier alpha value is -5.09. The predicted molar refractivity (Wildman–Crippen MR) is 260 cm³/mol. The summed E-state index contributed by atoms with van der Waals surface area (Å²) < 4.78 is 11.4. The van der Waals surface area contributed by atoms with Gasteiger partial charge in [-0.05, 0) is 118 Å². The van der Waals surface area contributed by atoms with Gasteiger partial charge in [0.2, 0.25) is 17.8 Å². The number of hydrogen-bond acceptors (Lipinski definition) is 10. The lowest BCUT2D eigenvalue weighted by Gasteiger charge is -2.34. The van der Waals surface area contributed by atoms with E-state index in [-0.39, 0.29) is 30.2 Å². The van der Waals surface area contributed by atoms with Gasteiger partial charge in [-0.15, -0.1) is 0 Å². The number of nitrogens with zero attached hydrogens (tertiary/aromatic N) is 7. The summed E-state index contributed by atoms with van der Waals surface area (Å²) in [5.74, 6) is -0.229. The fourth-order valence-electron chi connectivity index (χ4n) is 9.85. The Morgan fingerprint density at radius 1 is 0.818 bits per heavy atom. The Balaban J connectivity index is 0.695. The number of piperidine rings is 1. The molecule has 0 spiro atoms. The molecule has 16 heteroatoms. The molecule has 3 aliphatic rings. The third-order valence-corrected chi connectivity index (χ3v) is 14.4. The van der Waals surface area contributed by atoms with Crippen LogP contribution in [0.1, 0.15) is 87.4 Å². The summed E-state index contributed by atoms with van der Waals surface area (Å²) in [7, 11) is 1.72. The smallest absolute Gasteiger partial charge is 0.329 e. The summed E-state index contributed by atoms with van der Waals surface area (Å²) in [5, 5.41) is 17.9. The summed E-state index contributed by atoms with van der Waals surface area (Å²) >= 11 is 12.4. The third kappa shape index (κ3) is 10.5. The van der Waals surface area contributed by atoms with Gasteiger partial charge in [0, 0.05) is 94.5 Å². The van der Waals surface area contributed by atoms with Gasteiger partial charge < -0.3 is 24.6 Å². The van der Waals surface area contributed by atoms with Crippen LogP contribution in [0, 0.1) is 0 Å². The standard InChI is InChI=1S/C50H59Cl2N9O5/c1-57-45-28-33(9-18-43(45)61(50(57)65)44-19-20-46(63)55-48(44)64)6-5-27-66-26-4-2-3-21-58-22-24-59(25-23-58)31-34-7-10-35(11-8-34)40-32-60(37-13-15-38(62)16-14-37)47-39(40)30-53-49(56-47)54-36-12-17-41(51)42(52)29-36/h7-12,17-18,28-30,32,37-38,44,62H,2-6,13-16,19-27,31H2,1H3,(H,53,54,56)(H,55,63,64). The maximum absolute atomic E-state index is 13.1. The normalized spacial score (nSPS) is 19.8. The van der Waals surface area contributed by atoms with E-state index in [9.17, 15) is 19.5 Å². The maximum atomic E-state index is 13.1. The number of piperazine rings is 1. The second-order valence-corrected chi connectivity index (χ2v) is 19.0. The number of ether oxygens (including phenoxy) is 1. The van der Waals surface area contributed by atoms with Gasteiger partial charge in [-0.3, -0.25) is 28.9 Å². The average molecular weight is 937 g/mol. The van der Waals surface area contributed by atoms with Gasteiger partial charge in [0.05, 0.1) is 27.2 Å². The molecule has 1 atom stereocenters. The molecule has 66 heavy (non-hydrogen) atoms. The molecule has 1 aliphatic carbocycles. The number of carbonyl (C=O) groups excluding carboxylic acids is 2. The number of fused-ring (bicyclic) bond motifs is 2. The molecule has 0 radical (unpaired) electrons. The Morgan fingerprint density at radius 3 is 2.35 bits per heavy atom. The minimum atomic E-state index is -0.677. The average Bonchev–Trinajstić information content (AvgIpc) is 3.81. The number of halogens is 2. The van der Waals surface area contributed by atoms with Crippen LogP contribution in [0.25, 0.3) is 33.2 Å². The molecule has 1 unspecified atom stereocenters. The number of amides is 2. The molecular weight excluding hydrogens is 878 g/mol. The highest BCUT2D eigenvalue weighted by atomic mass is 35.5. The molecule has 6 aromatic rings. The highest BCUT2D eigenvalue weighted by molar-refractivity contribution is 6.42. The number of aliphatic hydroxyl groups excluding tert-OH is 1. The molecule has 2 saturated heterocycles. The molecule has 0 bridgehead atoms. The summed E-state index contributed by atoms with van der Waals surface area (Å²) in [5.41, 5.74) is 7.54. The van der Waals surface area contributed by atoms with Crippen molar-refractivity contribution in [2.75, 3.05) is 51.3 Å². The number of benzene rings is 3. The fourth-order valence-corrected chi connectivity index (χ4v) is 10.1. The number of aliphatic hydroxyl groups is 1. The van der Waals surface area contributed by atoms with E-state index >= 15 is 0 Å². The summed E-state index contributed by atoms with van der Waals surface area (Å²) in [6.07, 6.45) is 12.9. The monoisotopic (exact) mass is 935 g/mol. The first-order chi connectivity index (χ1) is 32.1. The predicted octanol–water partition coefficient (Wildman–Crippen LogP) is 8.19. The number of anilines is 2. The first-order valence-electron chi connectivity index (χ1n) is 23.5. The van der Waals surface area contributed by atoms with Crippen molar-refractivity contribution in [1.29, 1.82) is 0 Å². The van der Waals surface area contributed by atoms with Crippen LogP contribution in [-0.4, -0.2) is 102 Å². The van der Waals surface area contributed by atoms with E-state index in [1.807, 2.05) is 30.5 Å². The second-order valence-electron chi connectivity index (χ2n) is 18.2. The van der Waals surface area contributed by atoms with E-state index in [1.54, 1.807) is 23.7 Å². The number of rotatable bonds is 17. The van der Waals surface area contributed by atoms with E-state index in [2.05, 4.69) is 55.5 Å². The highest BCUT2D eigenvalue weighted by Gasteiger charge is 2.31. The van der Waals surface area contributed by atoms with Crippen LogP contribution in [0.3, 0.4) is 0 Å². The molecule has 3 N–H and O–H groups in total. The van der Waals surface area contributed by atoms with E-state index in [0.717, 1.165) is 136 Å². The summed E-state index contributed by atoms with van der Waals surface area (Å²) in [6, 6.07) is 19.8. The Bertz CT molecular complexity index is 2740. The molecule has 3 aromatic heterocycles. The largest absolute Gasteiger partial charge is 0.393 e. The number of carbonyl (C=O) groups is 2. The van der Waals surface area contributed by atoms with Crippen molar-refractivity contribution in [3.63, 3.8) is 0 Å². The molecule has 3 fully saturated rings. The van der Waals surface area contributed by atoms with Gasteiger partial charge in [0.25, 0.3) is 0 Å². The lowest BCUT2D eigenvalue weighted by molar-refractivity contribution is -0.135. The number of unbranched alkanes of at least 4 members (excludes halogenated alkanes) is 2. The molecule has 3 aromatic carbocycles. The number of aromatic nitrogens is 5. The Morgan fingerprint density at radius 2 is 1.58 bits per heavy atom. The van der Waals surface area contributed by atoms with Gasteiger partial charge >= 0.3 is 5.69 Å². The van der Waals surface area contributed by atoms with Gasteiger partial charge in [0.15, 0.2) is 0 Å². The van der Waals surface area contributed by atoms with Crippen LogP contribution in [0.2, 0.25) is 10.0 Å². The Kier molecular flexibility index (Phi) is 14.5. The van der Waals surface area contributed by atoms with Crippen LogP contribution in [-0.2, 0) is 34.3 Å². The van der Waals surface area contributed by atoms with Gasteiger partial charge in [-0.1, -0.05) is 53.5 Å². The molecular formula is C50H59Cl2N9O5. The zero-order valence-corrected chi connectivity index (χ0v) is 39.1. The molecule has 2 amide bonds. The lowest BCUT2D eigenvalue weighted by atomic mass is 9.93. The van der Waals surface area contributed by atoms with Crippen molar-refractivity contribution in [3.8, 4) is 11.1 Å². The summed E-state index contributed by atoms with van der Waals surface area (Å²) in [4.78, 5) is 52.1. The lowest BCUT2D eigenvalue weighted by Crippen LogP contribution is -2.46. The Labute approximate surface area is 394 Å². The van der Waals surface area contributed by atoms with Crippen molar-refractivity contribution in [3.05, 3.63) is 105 Å². The van der Waals surface area contributed by atoms with E-state index < -0.39 is 11.9 Å². The number of imide groups is 1. The molecule has 2 aliphatic heterocycles. The van der Waals surface area contributed by atoms with Crippen LogP contribution < -0.4 is 16.3 Å². The zero-order chi connectivity index (χ0) is 45.7. The molecule has 14 nitrogen and oxygen atoms in total. The number of nitrogens with one attached hydrogen (secondary N) is 2. The number of imidazole rings is 1. The maximum Gasteiger partial charge on any atom is 0.329 e. The minimum Gasteiger partial charge on any atom is -0.393 e. The third-order valence-electron chi connectivity index (χ3n) is 13.6. The summed E-state index contributed by atoms with van der Waals surface area (Å²) in [6.45, 7) is 7.76. The minimum absolute atomic E-state index is 0.225. The van der Waals surface area contributed by atoms with E-state index in [1.165, 1.54) is 16.6 Å². The van der Waals surface area contributed by atoms with Crippen molar-refractivity contribution in [2.24, 2.45) is 7.05 Å². The second kappa shape index (κ2) is 20.8. The quantitative estimate of drug-likeness (QED) is 0.0603. The van der Waals surface area contributed by atoms with Crippen molar-refractivity contribution < 1.29 is 19.4 Å². The van der Waals surface area contributed by atoms with Crippen LogP contribution in [0.15, 0.2) is 77.9 Å². The van der Waals surface area contributed by atoms with Crippen LogP contribution in [0.4, 0.5) is 11.6 Å². The van der Waals surface area contributed by atoms with Crippen molar-refractivity contribution in [1.82, 2.24) is 38.8 Å². The number of hydrogen-bond donors (Lipinski definition) is 3. The van der Waals surface area contributed by atoms with Gasteiger partial charge in [-0.25, -0.2) is 9.78 Å². The van der Waals surface area contributed by atoms with Crippen LogP contribution in [0.5, 0.6) is 0 Å². The van der Waals surface area contributed by atoms with Gasteiger partial charge in [-0.2, -0.15) is 4.98 Å². The van der Waals surface area contributed by atoms with Crippen LogP contribution >= 0.6 is 23.2 Å². The molecule has 5 heterocycles.